The molecule has 0 aromatic heterocycles. The van der Waals surface area contributed by atoms with E-state index in [-0.39, 0.29) is 24.5 Å². The van der Waals surface area contributed by atoms with Gasteiger partial charge in [-0.05, 0) is 5.56 Å². The number of nitrogens with one attached hydrogen (secondary N) is 1. The Morgan fingerprint density at radius 3 is 2.82 bits per heavy atom. The number of carbonyl (C=O) groups excluding carboxylic acids is 1. The Bertz CT molecular complexity index is 366. The molecule has 4 heteroatoms. The average molecular weight is 235 g/mol. The van der Waals surface area contributed by atoms with Gasteiger partial charge >= 0.3 is 0 Å². The SMILES string of the molecule is O=C1CC(COCc2ccccc2)C(CO)N1. The third-order valence-corrected chi connectivity index (χ3v) is 3.00. The summed E-state index contributed by atoms with van der Waals surface area (Å²) >= 11 is 0. The molecular formula is C13H17NO3. The van der Waals surface area contributed by atoms with Crippen molar-refractivity contribution in [2.45, 2.75) is 19.1 Å². The number of ether oxygens (including phenoxy) is 1. The van der Waals surface area contributed by atoms with E-state index in [1.54, 1.807) is 0 Å². The molecule has 1 saturated heterocycles. The summed E-state index contributed by atoms with van der Waals surface area (Å²) in [5, 5.41) is 11.8. The highest BCUT2D eigenvalue weighted by Crippen LogP contribution is 2.17. The molecule has 1 amide bonds. The topological polar surface area (TPSA) is 58.6 Å². The molecule has 0 aliphatic carbocycles. The van der Waals surface area contributed by atoms with Crippen molar-refractivity contribution in [3.05, 3.63) is 35.9 Å². The molecule has 1 heterocycles. The summed E-state index contributed by atoms with van der Waals surface area (Å²) in [5.41, 5.74) is 1.12. The van der Waals surface area contributed by atoms with Crippen LogP contribution in [0.25, 0.3) is 0 Å². The van der Waals surface area contributed by atoms with Crippen molar-refractivity contribution in [3.8, 4) is 0 Å². The van der Waals surface area contributed by atoms with Gasteiger partial charge in [-0.15, -0.1) is 0 Å². The normalized spacial score (nSPS) is 23.7. The fourth-order valence-electron chi connectivity index (χ4n) is 2.04. The number of benzene rings is 1. The third kappa shape index (κ3) is 3.28. The van der Waals surface area contributed by atoms with Crippen LogP contribution in [0.5, 0.6) is 0 Å². The van der Waals surface area contributed by atoms with Gasteiger partial charge in [-0.1, -0.05) is 30.3 Å². The first-order valence-corrected chi connectivity index (χ1v) is 5.81. The second-order valence-electron chi connectivity index (χ2n) is 4.32. The first-order valence-electron chi connectivity index (χ1n) is 5.81. The zero-order chi connectivity index (χ0) is 12.1. The molecule has 0 saturated carbocycles. The Morgan fingerprint density at radius 2 is 2.12 bits per heavy atom. The van der Waals surface area contributed by atoms with E-state index >= 15 is 0 Å². The summed E-state index contributed by atoms with van der Waals surface area (Å²) in [6, 6.07) is 9.75. The highest BCUT2D eigenvalue weighted by atomic mass is 16.5. The van der Waals surface area contributed by atoms with Crippen molar-refractivity contribution in [3.63, 3.8) is 0 Å². The maximum atomic E-state index is 11.2. The molecule has 92 valence electrons. The van der Waals surface area contributed by atoms with E-state index in [1.807, 2.05) is 30.3 Å². The molecule has 2 N–H and O–H groups in total. The molecular weight excluding hydrogens is 218 g/mol. The lowest BCUT2D eigenvalue weighted by molar-refractivity contribution is -0.119. The lowest BCUT2D eigenvalue weighted by Crippen LogP contribution is -2.34. The number of hydrogen-bond donors (Lipinski definition) is 2. The third-order valence-electron chi connectivity index (χ3n) is 3.00. The van der Waals surface area contributed by atoms with Gasteiger partial charge in [0.15, 0.2) is 0 Å². The predicted octanol–water partition coefficient (Wildman–Crippen LogP) is 0.700. The van der Waals surface area contributed by atoms with Crippen molar-refractivity contribution in [1.29, 1.82) is 0 Å². The molecule has 2 unspecified atom stereocenters. The minimum absolute atomic E-state index is 0.00244. The summed E-state index contributed by atoms with van der Waals surface area (Å²) in [6.45, 7) is 1.02. The van der Waals surface area contributed by atoms with Gasteiger partial charge in [-0.3, -0.25) is 4.79 Å². The molecule has 1 aliphatic heterocycles. The molecule has 1 aromatic carbocycles. The Hall–Kier alpha value is -1.39. The van der Waals surface area contributed by atoms with Crippen LogP contribution >= 0.6 is 0 Å². The first kappa shape index (κ1) is 12.1. The van der Waals surface area contributed by atoms with Crippen LogP contribution in [-0.4, -0.2) is 30.3 Å². The van der Waals surface area contributed by atoms with Crippen molar-refractivity contribution in [2.24, 2.45) is 5.92 Å². The van der Waals surface area contributed by atoms with Gasteiger partial charge in [0.05, 0.1) is 25.9 Å². The zero-order valence-corrected chi connectivity index (χ0v) is 9.63. The lowest BCUT2D eigenvalue weighted by Gasteiger charge is -2.16. The van der Waals surface area contributed by atoms with Gasteiger partial charge in [0.25, 0.3) is 0 Å². The standard InChI is InChI=1S/C13H17NO3/c15-7-12-11(6-13(16)14-12)9-17-8-10-4-2-1-3-5-10/h1-5,11-12,15H,6-9H2,(H,14,16). The van der Waals surface area contributed by atoms with E-state index in [2.05, 4.69) is 5.32 Å². The highest BCUT2D eigenvalue weighted by Gasteiger charge is 2.31. The van der Waals surface area contributed by atoms with E-state index in [1.165, 1.54) is 0 Å². The van der Waals surface area contributed by atoms with Gasteiger partial charge in [-0.25, -0.2) is 0 Å². The largest absolute Gasteiger partial charge is 0.394 e. The van der Waals surface area contributed by atoms with Gasteiger partial charge in [0.2, 0.25) is 5.91 Å². The van der Waals surface area contributed by atoms with E-state index in [4.69, 9.17) is 9.84 Å². The summed E-state index contributed by atoms with van der Waals surface area (Å²) in [5.74, 6) is 0.0774. The second kappa shape index (κ2) is 5.80. The van der Waals surface area contributed by atoms with Crippen molar-refractivity contribution in [1.82, 2.24) is 5.32 Å². The van der Waals surface area contributed by atoms with Gasteiger partial charge < -0.3 is 15.2 Å². The number of rotatable bonds is 5. The number of amides is 1. The Labute approximate surface area is 101 Å². The van der Waals surface area contributed by atoms with Crippen LogP contribution in [0.2, 0.25) is 0 Å². The van der Waals surface area contributed by atoms with Crippen molar-refractivity contribution in [2.75, 3.05) is 13.2 Å². The van der Waals surface area contributed by atoms with Gasteiger partial charge in [-0.2, -0.15) is 0 Å². The van der Waals surface area contributed by atoms with E-state index in [9.17, 15) is 4.79 Å². The molecule has 0 bridgehead atoms. The molecule has 1 aliphatic rings. The molecule has 17 heavy (non-hydrogen) atoms. The van der Waals surface area contributed by atoms with Crippen LogP contribution in [0.1, 0.15) is 12.0 Å². The number of carbonyl (C=O) groups is 1. The Balaban J connectivity index is 1.77. The maximum absolute atomic E-state index is 11.2. The van der Waals surface area contributed by atoms with Gasteiger partial charge in [0, 0.05) is 12.3 Å². The van der Waals surface area contributed by atoms with Crippen molar-refractivity contribution < 1.29 is 14.6 Å². The molecule has 1 fully saturated rings. The predicted molar refractivity (Wildman–Crippen MR) is 63.2 cm³/mol. The second-order valence-corrected chi connectivity index (χ2v) is 4.32. The van der Waals surface area contributed by atoms with E-state index in [0.29, 0.717) is 19.6 Å². The van der Waals surface area contributed by atoms with E-state index in [0.717, 1.165) is 5.56 Å². The average Bonchev–Trinajstić information content (AvgIpc) is 2.71. The first-order chi connectivity index (χ1) is 8.29. The number of aliphatic hydroxyl groups is 1. The van der Waals surface area contributed by atoms with Gasteiger partial charge in [0.1, 0.15) is 0 Å². The molecule has 1 aromatic rings. The smallest absolute Gasteiger partial charge is 0.220 e. The highest BCUT2D eigenvalue weighted by molar-refractivity contribution is 5.79. The molecule has 2 rings (SSSR count). The molecule has 4 nitrogen and oxygen atoms in total. The summed E-state index contributed by atoms with van der Waals surface area (Å²) in [7, 11) is 0. The Morgan fingerprint density at radius 1 is 1.35 bits per heavy atom. The molecule has 2 atom stereocenters. The Kier molecular flexibility index (Phi) is 4.12. The summed E-state index contributed by atoms with van der Waals surface area (Å²) in [4.78, 5) is 11.2. The minimum atomic E-state index is -0.154. The molecule has 0 radical (unpaired) electrons. The summed E-state index contributed by atoms with van der Waals surface area (Å²) < 4.78 is 5.58. The molecule has 0 spiro atoms. The van der Waals surface area contributed by atoms with Crippen molar-refractivity contribution >= 4 is 5.91 Å². The zero-order valence-electron chi connectivity index (χ0n) is 9.63. The lowest BCUT2D eigenvalue weighted by atomic mass is 10.0. The fraction of sp³-hybridized carbons (Fsp3) is 0.462. The maximum Gasteiger partial charge on any atom is 0.220 e. The fourth-order valence-corrected chi connectivity index (χ4v) is 2.04. The quantitative estimate of drug-likeness (QED) is 0.790. The monoisotopic (exact) mass is 235 g/mol. The van der Waals surface area contributed by atoms with Crippen LogP contribution in [0, 0.1) is 5.92 Å². The van der Waals surface area contributed by atoms with E-state index < -0.39 is 0 Å². The van der Waals surface area contributed by atoms with Crippen LogP contribution in [0.4, 0.5) is 0 Å². The summed E-state index contributed by atoms with van der Waals surface area (Å²) in [6.07, 6.45) is 0.444. The number of hydrogen-bond acceptors (Lipinski definition) is 3. The number of aliphatic hydroxyl groups excluding tert-OH is 1. The van der Waals surface area contributed by atoms with Crippen LogP contribution in [-0.2, 0) is 16.1 Å². The van der Waals surface area contributed by atoms with Crippen LogP contribution in [0.3, 0.4) is 0 Å². The minimum Gasteiger partial charge on any atom is -0.394 e. The van der Waals surface area contributed by atoms with Crippen LogP contribution < -0.4 is 5.32 Å². The van der Waals surface area contributed by atoms with Crippen LogP contribution in [0.15, 0.2) is 30.3 Å².